The Morgan fingerprint density at radius 2 is 2.33 bits per heavy atom. The lowest BCUT2D eigenvalue weighted by Gasteiger charge is -2.12. The smallest absolute Gasteiger partial charge is 0.249 e. The minimum absolute atomic E-state index is 0.169. The van der Waals surface area contributed by atoms with Gasteiger partial charge in [-0.05, 0) is 31.5 Å². The van der Waals surface area contributed by atoms with Crippen molar-refractivity contribution in [2.24, 2.45) is 0 Å². The summed E-state index contributed by atoms with van der Waals surface area (Å²) >= 11 is 5.90. The number of amides is 1. The van der Waals surface area contributed by atoms with Crippen LogP contribution in [0.2, 0.25) is 5.02 Å². The van der Waals surface area contributed by atoms with Crippen LogP contribution in [0.4, 0.5) is 0 Å². The number of rotatable bonds is 5. The van der Waals surface area contributed by atoms with Crippen molar-refractivity contribution in [3.63, 3.8) is 0 Å². The van der Waals surface area contributed by atoms with Gasteiger partial charge in [-0.3, -0.25) is 4.79 Å². The van der Waals surface area contributed by atoms with E-state index in [1.54, 1.807) is 25.1 Å². The van der Waals surface area contributed by atoms with Crippen molar-refractivity contribution in [2.45, 2.75) is 26.5 Å². The third-order valence-electron chi connectivity index (χ3n) is 2.41. The first kappa shape index (κ1) is 14.5. The first-order chi connectivity index (χ1) is 8.58. The Balaban J connectivity index is 2.57. The lowest BCUT2D eigenvalue weighted by Crippen LogP contribution is -2.34. The molecule has 0 saturated heterocycles. The zero-order valence-electron chi connectivity index (χ0n) is 10.4. The molecule has 0 unspecified atom stereocenters. The lowest BCUT2D eigenvalue weighted by molar-refractivity contribution is -0.131. The highest BCUT2D eigenvalue weighted by molar-refractivity contribution is 6.31. The molecule has 1 aromatic rings. The summed E-state index contributed by atoms with van der Waals surface area (Å²) in [7, 11) is 0. The third kappa shape index (κ3) is 4.02. The second kappa shape index (κ2) is 7.00. The van der Waals surface area contributed by atoms with Gasteiger partial charge in [0.25, 0.3) is 0 Å². The summed E-state index contributed by atoms with van der Waals surface area (Å²) in [4.78, 5) is 11.6. The fourth-order valence-electron chi connectivity index (χ4n) is 1.42. The number of benzene rings is 1. The van der Waals surface area contributed by atoms with Crippen LogP contribution in [0.5, 0.6) is 0 Å². The molecule has 96 valence electrons. The Bertz CT molecular complexity index is 469. The van der Waals surface area contributed by atoms with Crippen LogP contribution >= 0.6 is 11.6 Å². The summed E-state index contributed by atoms with van der Waals surface area (Å²) in [6, 6.07) is 7.05. The van der Waals surface area contributed by atoms with Gasteiger partial charge in [-0.25, -0.2) is 0 Å². The molecule has 0 fully saturated rings. The number of nitrogens with one attached hydrogen (secondary N) is 1. The molecule has 5 heteroatoms. The molecule has 4 nitrogen and oxygen atoms in total. The number of carbonyl (C=O) groups excluding carboxylic acids is 1. The van der Waals surface area contributed by atoms with E-state index < -0.39 is 6.10 Å². The summed E-state index contributed by atoms with van der Waals surface area (Å²) in [6.45, 7) is 4.40. The molecular weight excluding hydrogens is 252 g/mol. The zero-order chi connectivity index (χ0) is 13.5. The van der Waals surface area contributed by atoms with Crippen molar-refractivity contribution in [3.05, 3.63) is 34.3 Å². The van der Waals surface area contributed by atoms with Crippen molar-refractivity contribution in [2.75, 3.05) is 6.61 Å². The molecule has 0 aliphatic carbocycles. The topological polar surface area (TPSA) is 62.1 Å². The monoisotopic (exact) mass is 266 g/mol. The summed E-state index contributed by atoms with van der Waals surface area (Å²) in [5, 5.41) is 11.9. The molecule has 1 atom stereocenters. The maximum atomic E-state index is 11.6. The van der Waals surface area contributed by atoms with Gasteiger partial charge in [0.2, 0.25) is 5.91 Å². The maximum absolute atomic E-state index is 11.6. The number of hydrogen-bond acceptors (Lipinski definition) is 3. The molecule has 0 aromatic heterocycles. The van der Waals surface area contributed by atoms with Crippen LogP contribution in [-0.2, 0) is 16.1 Å². The lowest BCUT2D eigenvalue weighted by atomic mass is 10.1. The number of nitrogens with zero attached hydrogens (tertiary/aromatic N) is 1. The Morgan fingerprint density at radius 1 is 1.61 bits per heavy atom. The van der Waals surface area contributed by atoms with Gasteiger partial charge < -0.3 is 10.1 Å². The van der Waals surface area contributed by atoms with Crippen LogP contribution in [0, 0.1) is 11.3 Å². The van der Waals surface area contributed by atoms with Gasteiger partial charge in [0.15, 0.2) is 0 Å². The number of hydrogen-bond donors (Lipinski definition) is 1. The average Bonchev–Trinajstić information content (AvgIpc) is 2.36. The normalized spacial score (nSPS) is 11.7. The molecule has 1 rings (SSSR count). The molecule has 1 amide bonds. The van der Waals surface area contributed by atoms with E-state index in [0.29, 0.717) is 23.7 Å². The Morgan fingerprint density at radius 3 is 2.89 bits per heavy atom. The van der Waals surface area contributed by atoms with E-state index in [9.17, 15) is 4.79 Å². The third-order valence-corrected chi connectivity index (χ3v) is 2.72. The van der Waals surface area contributed by atoms with Crippen LogP contribution < -0.4 is 5.32 Å². The maximum Gasteiger partial charge on any atom is 0.249 e. The van der Waals surface area contributed by atoms with Crippen LogP contribution in [-0.4, -0.2) is 18.6 Å². The van der Waals surface area contributed by atoms with Gasteiger partial charge in [0.1, 0.15) is 12.2 Å². The first-order valence-electron chi connectivity index (χ1n) is 5.66. The van der Waals surface area contributed by atoms with Gasteiger partial charge >= 0.3 is 0 Å². The zero-order valence-corrected chi connectivity index (χ0v) is 11.1. The van der Waals surface area contributed by atoms with Crippen molar-refractivity contribution < 1.29 is 9.53 Å². The Kier molecular flexibility index (Phi) is 5.63. The van der Waals surface area contributed by atoms with Gasteiger partial charge in [0, 0.05) is 13.2 Å². The first-order valence-corrected chi connectivity index (χ1v) is 6.04. The van der Waals surface area contributed by atoms with E-state index >= 15 is 0 Å². The van der Waals surface area contributed by atoms with Gasteiger partial charge in [0.05, 0.1) is 10.6 Å². The van der Waals surface area contributed by atoms with Crippen molar-refractivity contribution in [3.8, 4) is 6.07 Å². The molecule has 0 aliphatic heterocycles. The predicted molar refractivity (Wildman–Crippen MR) is 69.1 cm³/mol. The van der Waals surface area contributed by atoms with Crippen molar-refractivity contribution in [1.82, 2.24) is 5.32 Å². The number of nitriles is 1. The molecule has 0 saturated carbocycles. The molecule has 0 radical (unpaired) electrons. The van der Waals surface area contributed by atoms with Gasteiger partial charge in [-0.15, -0.1) is 0 Å². The van der Waals surface area contributed by atoms with E-state index in [1.807, 2.05) is 13.0 Å². The van der Waals surface area contributed by atoms with Crippen LogP contribution in [0.3, 0.4) is 0 Å². The number of halogens is 1. The van der Waals surface area contributed by atoms with E-state index in [-0.39, 0.29) is 5.91 Å². The second-order valence-electron chi connectivity index (χ2n) is 3.74. The average molecular weight is 267 g/mol. The Hall–Kier alpha value is -1.57. The van der Waals surface area contributed by atoms with Crippen molar-refractivity contribution >= 4 is 17.5 Å². The summed E-state index contributed by atoms with van der Waals surface area (Å²) in [6.07, 6.45) is -0.469. The standard InChI is InChI=1S/C13H15ClN2O2/c1-3-18-9(2)13(17)16-8-10-4-5-11(7-15)12(14)6-10/h4-6,9H,3,8H2,1-2H3,(H,16,17)/t9-/m1/s1. The van der Waals surface area contributed by atoms with Gasteiger partial charge in [-0.2, -0.15) is 5.26 Å². The van der Waals surface area contributed by atoms with E-state index in [4.69, 9.17) is 21.6 Å². The summed E-state index contributed by atoms with van der Waals surface area (Å²) < 4.78 is 5.17. The number of ether oxygens (including phenoxy) is 1. The highest BCUT2D eigenvalue weighted by Gasteiger charge is 2.11. The quantitative estimate of drug-likeness (QED) is 0.889. The highest BCUT2D eigenvalue weighted by atomic mass is 35.5. The fourth-order valence-corrected chi connectivity index (χ4v) is 1.66. The summed E-state index contributed by atoms with van der Waals surface area (Å²) in [5.74, 6) is -0.169. The minimum atomic E-state index is -0.469. The molecule has 1 N–H and O–H groups in total. The second-order valence-corrected chi connectivity index (χ2v) is 4.15. The molecule has 0 bridgehead atoms. The molecule has 18 heavy (non-hydrogen) atoms. The molecule has 0 aliphatic rings. The highest BCUT2D eigenvalue weighted by Crippen LogP contribution is 2.16. The van der Waals surface area contributed by atoms with E-state index in [0.717, 1.165) is 5.56 Å². The fraction of sp³-hybridized carbons (Fsp3) is 0.385. The molecule has 0 heterocycles. The summed E-state index contributed by atoms with van der Waals surface area (Å²) in [5.41, 5.74) is 1.27. The van der Waals surface area contributed by atoms with E-state index in [2.05, 4.69) is 5.32 Å². The SMILES string of the molecule is CCO[C@H](C)C(=O)NCc1ccc(C#N)c(Cl)c1. The van der Waals surface area contributed by atoms with Crippen LogP contribution in [0.15, 0.2) is 18.2 Å². The molecule has 0 spiro atoms. The predicted octanol–water partition coefficient (Wildman–Crippen LogP) is 2.25. The minimum Gasteiger partial charge on any atom is -0.369 e. The molecule has 1 aromatic carbocycles. The number of carbonyl (C=O) groups is 1. The largest absolute Gasteiger partial charge is 0.369 e. The van der Waals surface area contributed by atoms with Crippen LogP contribution in [0.1, 0.15) is 25.0 Å². The van der Waals surface area contributed by atoms with E-state index in [1.165, 1.54) is 0 Å². The van der Waals surface area contributed by atoms with Crippen LogP contribution in [0.25, 0.3) is 0 Å². The molecular formula is C13H15ClN2O2. The Labute approximate surface area is 112 Å². The van der Waals surface area contributed by atoms with Crippen molar-refractivity contribution in [1.29, 1.82) is 5.26 Å². The van der Waals surface area contributed by atoms with Gasteiger partial charge in [-0.1, -0.05) is 17.7 Å².